The van der Waals surface area contributed by atoms with Crippen LogP contribution in [0.5, 0.6) is 0 Å². The normalized spacial score (nSPS) is 35.0. The number of β-lactam (4-membered cyclic amide) rings is 1. The topological polar surface area (TPSA) is 95.9 Å². The van der Waals surface area contributed by atoms with Crippen LogP contribution < -0.4 is 5.32 Å². The summed E-state index contributed by atoms with van der Waals surface area (Å²) in [6, 6.07) is -1.59. The summed E-state index contributed by atoms with van der Waals surface area (Å²) in [5.74, 6) is -0.119. The third-order valence-corrected chi connectivity index (χ3v) is 9.39. The van der Waals surface area contributed by atoms with Crippen molar-refractivity contribution in [2.75, 3.05) is 0 Å². The third-order valence-electron chi connectivity index (χ3n) is 7.82. The minimum absolute atomic E-state index is 0.0196. The van der Waals surface area contributed by atoms with Crippen LogP contribution in [0.1, 0.15) is 87.0 Å². The van der Waals surface area contributed by atoms with Gasteiger partial charge >= 0.3 is 5.97 Å². The number of carboxylic acids is 1. The van der Waals surface area contributed by atoms with E-state index in [1.165, 1.54) is 23.1 Å². The summed E-state index contributed by atoms with van der Waals surface area (Å²) >= 11 is 1.45. The van der Waals surface area contributed by atoms with Gasteiger partial charge in [0.15, 0.2) is 0 Å². The third kappa shape index (κ3) is 5.07. The zero-order valence-electron chi connectivity index (χ0n) is 21.2. The van der Waals surface area contributed by atoms with Crippen molar-refractivity contribution in [1.82, 2.24) is 10.2 Å². The number of aliphatic carboxylic acids is 1. The van der Waals surface area contributed by atoms with Gasteiger partial charge in [0.25, 0.3) is 5.91 Å². The van der Waals surface area contributed by atoms with Crippen molar-refractivity contribution in [3.63, 3.8) is 0 Å². The highest BCUT2D eigenvalue weighted by Crippen LogP contribution is 2.51. The Morgan fingerprint density at radius 3 is 2.58 bits per heavy atom. The lowest BCUT2D eigenvalue weighted by molar-refractivity contribution is -0.172. The molecular weight excluding hydrogens is 440 g/mol. The van der Waals surface area contributed by atoms with Gasteiger partial charge in [0.05, 0.1) is 6.10 Å². The summed E-state index contributed by atoms with van der Waals surface area (Å²) in [6.07, 6.45) is 5.66. The maximum absolute atomic E-state index is 13.6. The van der Waals surface area contributed by atoms with Crippen LogP contribution in [0.25, 0.3) is 0 Å². The van der Waals surface area contributed by atoms with Crippen molar-refractivity contribution in [2.24, 2.45) is 17.8 Å². The molecule has 3 rings (SSSR count). The predicted octanol–water partition coefficient (Wildman–Crippen LogP) is 4.04. The van der Waals surface area contributed by atoms with Crippen LogP contribution in [-0.4, -0.2) is 61.7 Å². The molecule has 3 fully saturated rings. The Morgan fingerprint density at radius 1 is 1.33 bits per heavy atom. The Bertz CT molecular complexity index is 772. The number of hydrogen-bond donors (Lipinski definition) is 2. The van der Waals surface area contributed by atoms with Crippen molar-refractivity contribution in [3.05, 3.63) is 0 Å². The van der Waals surface area contributed by atoms with E-state index in [1.54, 1.807) is 0 Å². The number of rotatable bonds is 9. The lowest BCUT2D eigenvalue weighted by atomic mass is 9.75. The van der Waals surface area contributed by atoms with E-state index in [9.17, 15) is 19.5 Å². The number of carbonyl (C=O) groups excluding carboxylic acids is 2. The highest BCUT2D eigenvalue weighted by atomic mass is 32.2. The molecule has 0 aromatic carbocycles. The van der Waals surface area contributed by atoms with Crippen molar-refractivity contribution in [2.45, 2.75) is 121 Å². The fraction of sp³-hybridized carbons (Fsp3) is 0.880. The summed E-state index contributed by atoms with van der Waals surface area (Å²) in [7, 11) is 0. The van der Waals surface area contributed by atoms with Gasteiger partial charge in [0.1, 0.15) is 23.1 Å². The number of nitrogens with one attached hydrogen (secondary N) is 1. The molecule has 2 amide bonds. The Hall–Kier alpha value is -1.28. The molecule has 2 N–H and O–H groups in total. The molecule has 7 nitrogen and oxygen atoms in total. The lowest BCUT2D eigenvalue weighted by Gasteiger charge is -2.46. The maximum atomic E-state index is 13.6. The van der Waals surface area contributed by atoms with E-state index >= 15 is 0 Å². The first kappa shape index (κ1) is 26.3. The van der Waals surface area contributed by atoms with Gasteiger partial charge in [-0.25, -0.2) is 4.79 Å². The first-order valence-corrected chi connectivity index (χ1v) is 13.4. The number of thioether (sulfide) groups is 1. The van der Waals surface area contributed by atoms with Gasteiger partial charge in [-0.15, -0.1) is 11.8 Å². The number of carbonyl (C=O) groups is 3. The largest absolute Gasteiger partial charge is 0.480 e. The molecule has 0 spiro atoms. The number of carboxylic acid groups (broad SMARTS) is 1. The summed E-state index contributed by atoms with van der Waals surface area (Å²) < 4.78 is 6.05. The zero-order chi connectivity index (χ0) is 24.7. The molecule has 2 saturated heterocycles. The summed E-state index contributed by atoms with van der Waals surface area (Å²) in [4.78, 5) is 39.7. The standard InChI is InChI=1S/C25H42N2O5S/c1-8-9-12-25(7,32-17-13-15(4)10-11-16(17)14(2)3)23(31)26-18-20(28)27-19(22(29)30)24(5,6)33-21(18)27/h14-19,21H,8-13H2,1-7H3,(H,26,31)(H,29,30)/t15-,16+,17+,18+,19-,21+,25-/m0/s1. The second kappa shape index (κ2) is 9.76. The van der Waals surface area contributed by atoms with Crippen LogP contribution >= 0.6 is 11.8 Å². The number of unbranched alkanes of at least 4 members (excludes halogenated alkanes) is 1. The first-order valence-electron chi connectivity index (χ1n) is 12.5. The molecule has 0 bridgehead atoms. The maximum Gasteiger partial charge on any atom is 0.327 e. The minimum atomic E-state index is -1.02. The van der Waals surface area contributed by atoms with E-state index in [-0.39, 0.29) is 23.3 Å². The van der Waals surface area contributed by atoms with Crippen LogP contribution in [0.3, 0.4) is 0 Å². The van der Waals surface area contributed by atoms with E-state index in [0.717, 1.165) is 25.7 Å². The zero-order valence-corrected chi connectivity index (χ0v) is 22.0. The van der Waals surface area contributed by atoms with E-state index in [4.69, 9.17) is 4.74 Å². The molecule has 7 atom stereocenters. The second-order valence-corrected chi connectivity index (χ2v) is 13.1. The highest BCUT2D eigenvalue weighted by molar-refractivity contribution is 8.01. The monoisotopic (exact) mass is 482 g/mol. The molecule has 188 valence electrons. The number of fused-ring (bicyclic) bond motifs is 1. The fourth-order valence-electron chi connectivity index (χ4n) is 5.76. The van der Waals surface area contributed by atoms with Crippen LogP contribution in [0.2, 0.25) is 0 Å². The summed E-state index contributed by atoms with van der Waals surface area (Å²) in [6.45, 7) is 14.3. The van der Waals surface area contributed by atoms with E-state index in [0.29, 0.717) is 24.2 Å². The second-order valence-electron chi connectivity index (χ2n) is 11.4. The number of amides is 2. The summed E-state index contributed by atoms with van der Waals surface area (Å²) in [5, 5.41) is 12.2. The highest BCUT2D eigenvalue weighted by Gasteiger charge is 2.64. The molecule has 1 aliphatic carbocycles. The van der Waals surface area contributed by atoms with Crippen molar-refractivity contribution < 1.29 is 24.2 Å². The minimum Gasteiger partial charge on any atom is -0.480 e. The fourth-order valence-corrected chi connectivity index (χ4v) is 7.39. The first-order chi connectivity index (χ1) is 15.3. The van der Waals surface area contributed by atoms with Gasteiger partial charge in [-0.05, 0) is 57.8 Å². The van der Waals surface area contributed by atoms with Gasteiger partial charge in [-0.1, -0.05) is 47.0 Å². The molecule has 0 aromatic rings. The molecule has 2 heterocycles. The van der Waals surface area contributed by atoms with Crippen LogP contribution in [0.4, 0.5) is 0 Å². The molecule has 0 aromatic heterocycles. The molecule has 3 aliphatic rings. The molecule has 0 unspecified atom stereocenters. The van der Waals surface area contributed by atoms with Gasteiger partial charge in [0.2, 0.25) is 5.91 Å². The Balaban J connectivity index is 1.76. The Labute approximate surface area is 202 Å². The molecule has 2 aliphatic heterocycles. The lowest BCUT2D eigenvalue weighted by Crippen LogP contribution is -2.72. The van der Waals surface area contributed by atoms with E-state index < -0.39 is 28.4 Å². The Morgan fingerprint density at radius 2 is 2.00 bits per heavy atom. The van der Waals surface area contributed by atoms with Crippen LogP contribution in [0.15, 0.2) is 0 Å². The van der Waals surface area contributed by atoms with E-state index in [2.05, 4.69) is 33.0 Å². The van der Waals surface area contributed by atoms with Gasteiger partial charge < -0.3 is 20.1 Å². The SMILES string of the molecule is CCCC[C@](C)(O[C@@H]1C[C@@H](C)CC[C@@H]1C(C)C)C(=O)N[C@@H]1C(=O)N2[C@@H]1SC(C)(C)[C@@H]2C(=O)O. The average Bonchev–Trinajstić information content (AvgIpc) is 2.98. The van der Waals surface area contributed by atoms with Gasteiger partial charge in [0, 0.05) is 4.75 Å². The van der Waals surface area contributed by atoms with Crippen molar-refractivity contribution >= 4 is 29.5 Å². The van der Waals surface area contributed by atoms with Crippen LogP contribution in [0, 0.1) is 17.8 Å². The quantitative estimate of drug-likeness (QED) is 0.482. The number of nitrogens with zero attached hydrogens (tertiary/aromatic N) is 1. The number of hydrogen-bond acceptors (Lipinski definition) is 5. The molecule has 0 radical (unpaired) electrons. The summed E-state index contributed by atoms with van der Waals surface area (Å²) in [5.41, 5.74) is -1.02. The molecule has 8 heteroatoms. The molecule has 1 saturated carbocycles. The van der Waals surface area contributed by atoms with Gasteiger partial charge in [-0.2, -0.15) is 0 Å². The van der Waals surface area contributed by atoms with E-state index in [1.807, 2.05) is 20.8 Å². The average molecular weight is 483 g/mol. The van der Waals surface area contributed by atoms with Crippen molar-refractivity contribution in [1.29, 1.82) is 0 Å². The van der Waals surface area contributed by atoms with Crippen molar-refractivity contribution in [3.8, 4) is 0 Å². The number of ether oxygens (including phenoxy) is 1. The molecular formula is C25H42N2O5S. The van der Waals surface area contributed by atoms with Gasteiger partial charge in [-0.3, -0.25) is 9.59 Å². The Kier molecular flexibility index (Phi) is 7.79. The smallest absolute Gasteiger partial charge is 0.327 e. The predicted molar refractivity (Wildman–Crippen MR) is 130 cm³/mol. The molecule has 33 heavy (non-hydrogen) atoms. The van der Waals surface area contributed by atoms with Crippen LogP contribution in [-0.2, 0) is 19.1 Å².